The Bertz CT molecular complexity index is 465. The van der Waals surface area contributed by atoms with Crippen LogP contribution in [0.5, 0.6) is 0 Å². The standard InChI is InChI=1S/C10H5ClFNO2/c11-3-8(15)9-7(5-14)2-1-6(4-13)10(9)12/h1-2,5H,3H2. The fraction of sp³-hybridized carbons (Fsp3) is 0.100. The molecule has 0 aromatic heterocycles. The monoisotopic (exact) mass is 225 g/mol. The third kappa shape index (κ3) is 2.03. The number of rotatable bonds is 3. The summed E-state index contributed by atoms with van der Waals surface area (Å²) in [7, 11) is 0. The van der Waals surface area contributed by atoms with Crippen molar-refractivity contribution in [2.24, 2.45) is 0 Å². The maximum absolute atomic E-state index is 13.5. The summed E-state index contributed by atoms with van der Waals surface area (Å²) >= 11 is 5.27. The van der Waals surface area contributed by atoms with Gasteiger partial charge < -0.3 is 0 Å². The van der Waals surface area contributed by atoms with Gasteiger partial charge in [-0.15, -0.1) is 11.6 Å². The van der Waals surface area contributed by atoms with E-state index < -0.39 is 23.0 Å². The lowest BCUT2D eigenvalue weighted by atomic mass is 10.0. The Hall–Kier alpha value is -1.73. The molecule has 0 N–H and O–H groups in total. The average molecular weight is 226 g/mol. The van der Waals surface area contributed by atoms with Gasteiger partial charge in [-0.3, -0.25) is 9.59 Å². The molecule has 0 unspecified atom stereocenters. The summed E-state index contributed by atoms with van der Waals surface area (Å²) < 4.78 is 13.5. The molecule has 1 aromatic rings. The maximum Gasteiger partial charge on any atom is 0.181 e. The molecule has 0 spiro atoms. The van der Waals surface area contributed by atoms with Gasteiger partial charge in [0.1, 0.15) is 6.07 Å². The number of carbonyl (C=O) groups is 2. The Balaban J connectivity index is 3.50. The van der Waals surface area contributed by atoms with Gasteiger partial charge >= 0.3 is 0 Å². The number of aldehydes is 1. The van der Waals surface area contributed by atoms with Gasteiger partial charge in [-0.25, -0.2) is 4.39 Å². The van der Waals surface area contributed by atoms with E-state index in [0.717, 1.165) is 6.07 Å². The SMILES string of the molecule is N#Cc1ccc(C=O)c(C(=O)CCl)c1F. The summed E-state index contributed by atoms with van der Waals surface area (Å²) in [6, 6.07) is 3.94. The Morgan fingerprint density at radius 1 is 1.60 bits per heavy atom. The topological polar surface area (TPSA) is 57.9 Å². The summed E-state index contributed by atoms with van der Waals surface area (Å²) in [6.07, 6.45) is 0.351. The van der Waals surface area contributed by atoms with Crippen molar-refractivity contribution in [1.29, 1.82) is 5.26 Å². The number of nitrogens with zero attached hydrogens (tertiary/aromatic N) is 1. The van der Waals surface area contributed by atoms with Gasteiger partial charge in [-0.2, -0.15) is 5.26 Å². The van der Waals surface area contributed by atoms with E-state index in [4.69, 9.17) is 16.9 Å². The van der Waals surface area contributed by atoms with Crippen molar-refractivity contribution >= 4 is 23.7 Å². The molecule has 15 heavy (non-hydrogen) atoms. The van der Waals surface area contributed by atoms with Crippen molar-refractivity contribution in [1.82, 2.24) is 0 Å². The van der Waals surface area contributed by atoms with Gasteiger partial charge in [-0.1, -0.05) is 0 Å². The molecule has 0 bridgehead atoms. The third-order valence-electron chi connectivity index (χ3n) is 1.82. The van der Waals surface area contributed by atoms with E-state index in [0.29, 0.717) is 6.29 Å². The van der Waals surface area contributed by atoms with Gasteiger partial charge in [0.05, 0.1) is 17.0 Å². The van der Waals surface area contributed by atoms with Crippen molar-refractivity contribution in [3.8, 4) is 6.07 Å². The molecular weight excluding hydrogens is 221 g/mol. The third-order valence-corrected chi connectivity index (χ3v) is 2.06. The van der Waals surface area contributed by atoms with E-state index in [1.807, 2.05) is 0 Å². The fourth-order valence-corrected chi connectivity index (χ4v) is 1.26. The van der Waals surface area contributed by atoms with Crippen LogP contribution in [0.3, 0.4) is 0 Å². The zero-order valence-electron chi connectivity index (χ0n) is 7.46. The van der Waals surface area contributed by atoms with Crippen LogP contribution in [0.2, 0.25) is 0 Å². The molecule has 3 nitrogen and oxygen atoms in total. The quantitative estimate of drug-likeness (QED) is 0.449. The van der Waals surface area contributed by atoms with Crippen molar-refractivity contribution in [2.75, 3.05) is 5.88 Å². The smallest absolute Gasteiger partial charge is 0.181 e. The maximum atomic E-state index is 13.5. The van der Waals surface area contributed by atoms with Gasteiger partial charge in [0, 0.05) is 5.56 Å². The molecule has 5 heteroatoms. The number of hydrogen-bond donors (Lipinski definition) is 0. The molecule has 1 rings (SSSR count). The van der Waals surface area contributed by atoms with E-state index in [1.165, 1.54) is 6.07 Å². The predicted molar refractivity (Wildman–Crippen MR) is 51.6 cm³/mol. The first-order valence-corrected chi connectivity index (χ1v) is 4.46. The highest BCUT2D eigenvalue weighted by atomic mass is 35.5. The van der Waals surface area contributed by atoms with E-state index in [-0.39, 0.29) is 11.1 Å². The predicted octanol–water partition coefficient (Wildman–Crippen LogP) is 1.93. The van der Waals surface area contributed by atoms with Crippen molar-refractivity contribution in [2.45, 2.75) is 0 Å². The van der Waals surface area contributed by atoms with Crippen LogP contribution < -0.4 is 0 Å². The molecule has 0 radical (unpaired) electrons. The molecule has 0 amide bonds. The van der Waals surface area contributed by atoms with Gasteiger partial charge in [0.2, 0.25) is 0 Å². The van der Waals surface area contributed by atoms with Crippen LogP contribution >= 0.6 is 11.6 Å². The largest absolute Gasteiger partial charge is 0.298 e. The number of ketones is 1. The highest BCUT2D eigenvalue weighted by molar-refractivity contribution is 6.31. The first-order chi connectivity index (χ1) is 7.15. The number of carbonyl (C=O) groups excluding carboxylic acids is 2. The summed E-state index contributed by atoms with van der Waals surface area (Å²) in [6.45, 7) is 0. The number of alkyl halides is 1. The lowest BCUT2D eigenvalue weighted by Gasteiger charge is -2.04. The fourth-order valence-electron chi connectivity index (χ4n) is 1.13. The molecular formula is C10H5ClFNO2. The average Bonchev–Trinajstić information content (AvgIpc) is 2.27. The number of benzene rings is 1. The van der Waals surface area contributed by atoms with E-state index in [1.54, 1.807) is 6.07 Å². The van der Waals surface area contributed by atoms with Crippen molar-refractivity contribution < 1.29 is 14.0 Å². The molecule has 0 aliphatic heterocycles. The van der Waals surface area contributed by atoms with Crippen LogP contribution in [0.1, 0.15) is 26.3 Å². The highest BCUT2D eigenvalue weighted by Crippen LogP contribution is 2.17. The van der Waals surface area contributed by atoms with Crippen molar-refractivity contribution in [3.63, 3.8) is 0 Å². The van der Waals surface area contributed by atoms with Gasteiger partial charge in [0.15, 0.2) is 17.9 Å². The van der Waals surface area contributed by atoms with Crippen LogP contribution in [0.15, 0.2) is 12.1 Å². The Kier molecular flexibility index (Phi) is 3.53. The van der Waals surface area contributed by atoms with Gasteiger partial charge in [0.25, 0.3) is 0 Å². The highest BCUT2D eigenvalue weighted by Gasteiger charge is 2.18. The number of Topliss-reactive ketones (excluding diaryl/α,β-unsaturated/α-hetero) is 1. The Morgan fingerprint density at radius 3 is 2.73 bits per heavy atom. The molecule has 0 fully saturated rings. The number of hydrogen-bond acceptors (Lipinski definition) is 3. The van der Waals surface area contributed by atoms with Crippen LogP contribution in [-0.2, 0) is 0 Å². The molecule has 0 saturated carbocycles. The Labute approximate surface area is 90.1 Å². The Morgan fingerprint density at radius 2 is 2.27 bits per heavy atom. The summed E-state index contributed by atoms with van der Waals surface area (Å²) in [4.78, 5) is 21.8. The van der Waals surface area contributed by atoms with Crippen LogP contribution in [0, 0.1) is 17.1 Å². The van der Waals surface area contributed by atoms with Gasteiger partial charge in [-0.05, 0) is 12.1 Å². The molecule has 0 aliphatic rings. The molecule has 1 aromatic carbocycles. The minimum Gasteiger partial charge on any atom is -0.298 e. The summed E-state index contributed by atoms with van der Waals surface area (Å²) in [5.74, 6) is -2.15. The normalized spacial score (nSPS) is 9.40. The molecule has 0 atom stereocenters. The second-order valence-electron chi connectivity index (χ2n) is 2.68. The second-order valence-corrected chi connectivity index (χ2v) is 2.95. The summed E-state index contributed by atoms with van der Waals surface area (Å²) in [5.41, 5.74) is -0.801. The van der Waals surface area contributed by atoms with E-state index in [9.17, 15) is 14.0 Å². The van der Waals surface area contributed by atoms with Crippen LogP contribution in [0.4, 0.5) is 4.39 Å². The first-order valence-electron chi connectivity index (χ1n) is 3.92. The molecule has 76 valence electrons. The summed E-state index contributed by atoms with van der Waals surface area (Å²) in [5, 5.41) is 8.54. The lowest BCUT2D eigenvalue weighted by Crippen LogP contribution is -2.09. The van der Waals surface area contributed by atoms with E-state index >= 15 is 0 Å². The molecule has 0 heterocycles. The second kappa shape index (κ2) is 4.67. The molecule has 0 aliphatic carbocycles. The number of halogens is 2. The zero-order chi connectivity index (χ0) is 11.4. The van der Waals surface area contributed by atoms with Crippen molar-refractivity contribution in [3.05, 3.63) is 34.6 Å². The zero-order valence-corrected chi connectivity index (χ0v) is 8.21. The minimum atomic E-state index is -0.993. The first kappa shape index (κ1) is 11.3. The van der Waals surface area contributed by atoms with E-state index in [2.05, 4.69) is 0 Å². The number of nitriles is 1. The minimum absolute atomic E-state index is 0.0999. The molecule has 0 saturated heterocycles. The lowest BCUT2D eigenvalue weighted by molar-refractivity contribution is 0.100. The van der Waals surface area contributed by atoms with Crippen LogP contribution in [-0.4, -0.2) is 17.9 Å². The van der Waals surface area contributed by atoms with Crippen LogP contribution in [0.25, 0.3) is 0 Å².